The van der Waals surface area contributed by atoms with E-state index in [1.54, 1.807) is 6.08 Å². The van der Waals surface area contributed by atoms with Crippen LogP contribution < -0.4 is 21.5 Å². The number of hydrogen-bond acceptors (Lipinski definition) is 8. The molecule has 14 heteroatoms. The molecule has 0 saturated carbocycles. The number of aliphatic imine (C=N–C) groups is 1. The first-order valence-electron chi connectivity index (χ1n) is 11.8. The minimum absolute atomic E-state index is 0.0286. The van der Waals surface area contributed by atoms with Crippen molar-refractivity contribution in [3.63, 3.8) is 0 Å². The molecule has 8 N–H and O–H groups in total. The Morgan fingerprint density at radius 3 is 2.54 bits per heavy atom. The Bertz CT molecular complexity index is 1390. The highest BCUT2D eigenvalue weighted by Crippen LogP contribution is 2.26. The van der Waals surface area contributed by atoms with E-state index in [1.807, 2.05) is 13.8 Å². The second-order valence-electron chi connectivity index (χ2n) is 8.78. The number of nitrogens with one attached hydrogen (secondary N) is 3. The van der Waals surface area contributed by atoms with E-state index in [0.717, 1.165) is 16.9 Å². The van der Waals surface area contributed by atoms with Crippen LogP contribution in [0.25, 0.3) is 0 Å². The first kappa shape index (κ1) is 31.2. The van der Waals surface area contributed by atoms with Crippen LogP contribution in [-0.4, -0.2) is 55.4 Å². The number of nitrogens with zero attached hydrogens (tertiary/aromatic N) is 1. The number of carbonyl (C=O) groups excluding carboxylic acids is 2. The molecule has 0 saturated heterocycles. The van der Waals surface area contributed by atoms with Gasteiger partial charge in [-0.2, -0.15) is 0 Å². The quantitative estimate of drug-likeness (QED) is 0.0799. The summed E-state index contributed by atoms with van der Waals surface area (Å²) in [5, 5.41) is 21.2. The van der Waals surface area contributed by atoms with Crippen molar-refractivity contribution in [3.8, 4) is 0 Å². The molecule has 0 fully saturated rings. The van der Waals surface area contributed by atoms with Crippen molar-refractivity contribution >= 4 is 56.4 Å². The van der Waals surface area contributed by atoms with Gasteiger partial charge in [-0.25, -0.2) is 13.2 Å². The number of nitrogens with two attached hydrogens (primary N) is 2. The maximum absolute atomic E-state index is 13.1. The number of carbonyl (C=O) groups is 3. The number of carboxylic acids is 1. The summed E-state index contributed by atoms with van der Waals surface area (Å²) in [6.45, 7) is 3.88. The Labute approximate surface area is 230 Å². The van der Waals surface area contributed by atoms with Crippen LogP contribution in [-0.2, 0) is 14.8 Å². The summed E-state index contributed by atoms with van der Waals surface area (Å²) < 4.78 is 28.5. The van der Waals surface area contributed by atoms with Gasteiger partial charge in [0.15, 0.2) is 11.7 Å². The van der Waals surface area contributed by atoms with E-state index >= 15 is 0 Å². The normalized spacial score (nSPS) is 11.6. The minimum atomic E-state index is -4.20. The largest absolute Gasteiger partial charge is 0.480 e. The number of Topliss-reactive ketones (excluding diaryl/α,β-unsaturated/α-hetero) is 1. The number of sulfonamides is 1. The number of thiophene rings is 1. The van der Waals surface area contributed by atoms with Gasteiger partial charge in [-0.15, -0.1) is 11.3 Å². The highest BCUT2D eigenvalue weighted by Gasteiger charge is 2.25. The van der Waals surface area contributed by atoms with E-state index in [9.17, 15) is 27.9 Å². The predicted molar refractivity (Wildman–Crippen MR) is 151 cm³/mol. The predicted octanol–water partition coefficient (Wildman–Crippen LogP) is 2.73. The number of hydrogen-bond donors (Lipinski definition) is 6. The Kier molecular flexibility index (Phi) is 11.4. The first-order chi connectivity index (χ1) is 18.3. The standard InChI is InChI=1S/C25H32N6O6S2/c1-15(2)13-17(26)8-9-21(32)16-5-3-6-18(14-16)39(36,37)31-19-10-12-38-22(19)23(33)30-20(24(34)35)7-4-11-29-25(27)28/h3,5-6,10,12-14,20,26,31H,4,7-9,11H2,1-2H3,(H,30,33)(H,34,35)(H4,27,28,29)/t20-/m0/s1. The number of amides is 1. The Morgan fingerprint density at radius 1 is 1.18 bits per heavy atom. The van der Waals surface area contributed by atoms with Crippen LogP contribution >= 0.6 is 11.3 Å². The maximum Gasteiger partial charge on any atom is 0.326 e. The van der Waals surface area contributed by atoms with Crippen molar-refractivity contribution < 1.29 is 27.9 Å². The fraction of sp³-hybridized carbons (Fsp3) is 0.320. The van der Waals surface area contributed by atoms with Gasteiger partial charge in [-0.05, 0) is 62.8 Å². The number of carboxylic acid groups (broad SMARTS) is 1. The number of aliphatic carboxylic acids is 1. The van der Waals surface area contributed by atoms with E-state index in [1.165, 1.54) is 35.7 Å². The third kappa shape index (κ3) is 9.98. The lowest BCUT2D eigenvalue weighted by Crippen LogP contribution is -2.40. The molecule has 2 rings (SSSR count). The van der Waals surface area contributed by atoms with Crippen LogP contribution in [0.1, 0.15) is 59.6 Å². The zero-order valence-corrected chi connectivity index (χ0v) is 23.2. The second-order valence-corrected chi connectivity index (χ2v) is 11.4. The topological polar surface area (TPSA) is 218 Å². The lowest BCUT2D eigenvalue weighted by Gasteiger charge is -2.15. The highest BCUT2D eigenvalue weighted by molar-refractivity contribution is 7.92. The summed E-state index contributed by atoms with van der Waals surface area (Å²) in [5.74, 6) is -2.46. The molecule has 210 valence electrons. The Balaban J connectivity index is 2.13. The average Bonchev–Trinajstić information content (AvgIpc) is 3.31. The third-order valence-electron chi connectivity index (χ3n) is 5.22. The van der Waals surface area contributed by atoms with Crippen LogP contribution in [0.3, 0.4) is 0 Å². The number of allylic oxidation sites excluding steroid dienone is 2. The zero-order chi connectivity index (χ0) is 29.2. The summed E-state index contributed by atoms with van der Waals surface area (Å²) in [7, 11) is -4.20. The molecule has 2 aromatic rings. The summed E-state index contributed by atoms with van der Waals surface area (Å²) in [6.07, 6.45) is 2.28. The fourth-order valence-electron chi connectivity index (χ4n) is 3.40. The highest BCUT2D eigenvalue weighted by atomic mass is 32.2. The van der Waals surface area contributed by atoms with Crippen molar-refractivity contribution in [2.45, 2.75) is 50.5 Å². The van der Waals surface area contributed by atoms with Gasteiger partial charge in [0.05, 0.1) is 10.6 Å². The van der Waals surface area contributed by atoms with E-state index in [-0.39, 0.29) is 58.6 Å². The number of benzene rings is 1. The average molecular weight is 577 g/mol. The lowest BCUT2D eigenvalue weighted by molar-refractivity contribution is -0.139. The molecule has 1 amide bonds. The van der Waals surface area contributed by atoms with Gasteiger partial charge in [0.2, 0.25) is 0 Å². The van der Waals surface area contributed by atoms with Gasteiger partial charge in [-0.1, -0.05) is 17.7 Å². The summed E-state index contributed by atoms with van der Waals surface area (Å²) in [6, 6.07) is 5.62. The minimum Gasteiger partial charge on any atom is -0.480 e. The van der Waals surface area contributed by atoms with Crippen molar-refractivity contribution in [3.05, 3.63) is 57.8 Å². The van der Waals surface area contributed by atoms with Gasteiger partial charge < -0.3 is 27.3 Å². The molecule has 1 aromatic carbocycles. The molecule has 39 heavy (non-hydrogen) atoms. The zero-order valence-electron chi connectivity index (χ0n) is 21.6. The Morgan fingerprint density at radius 2 is 1.90 bits per heavy atom. The molecule has 1 atom stereocenters. The molecule has 1 aromatic heterocycles. The van der Waals surface area contributed by atoms with Gasteiger partial charge in [0.1, 0.15) is 10.9 Å². The SMILES string of the molecule is CC(C)=CC(=N)CCC(=O)c1cccc(S(=O)(=O)Nc2ccsc2C(=O)N[C@@H](CCCN=C(N)N)C(=O)O)c1. The summed E-state index contributed by atoms with van der Waals surface area (Å²) in [4.78, 5) is 40.6. The maximum atomic E-state index is 13.1. The van der Waals surface area contributed by atoms with Crippen LogP contribution in [0.5, 0.6) is 0 Å². The van der Waals surface area contributed by atoms with Crippen LogP contribution in [0.15, 0.2) is 57.2 Å². The van der Waals surface area contributed by atoms with E-state index in [0.29, 0.717) is 12.1 Å². The molecule has 0 bridgehead atoms. The number of anilines is 1. The lowest BCUT2D eigenvalue weighted by atomic mass is 10.0. The molecule has 0 unspecified atom stereocenters. The first-order valence-corrected chi connectivity index (χ1v) is 14.2. The monoisotopic (exact) mass is 576 g/mol. The molecule has 1 heterocycles. The second kappa shape index (κ2) is 14.2. The number of rotatable bonds is 15. The smallest absolute Gasteiger partial charge is 0.326 e. The molecule has 0 aliphatic heterocycles. The summed E-state index contributed by atoms with van der Waals surface area (Å²) >= 11 is 0.935. The van der Waals surface area contributed by atoms with Gasteiger partial charge in [0.25, 0.3) is 15.9 Å². The molecule has 0 aliphatic rings. The molecule has 0 spiro atoms. The molecular formula is C25H32N6O6S2. The summed E-state index contributed by atoms with van der Waals surface area (Å²) in [5.41, 5.74) is 11.9. The molecular weight excluding hydrogens is 544 g/mol. The number of ketones is 1. The van der Waals surface area contributed by atoms with Gasteiger partial charge in [0, 0.05) is 24.2 Å². The molecule has 12 nitrogen and oxygen atoms in total. The molecule has 0 radical (unpaired) electrons. The van der Waals surface area contributed by atoms with E-state index < -0.39 is 27.9 Å². The Hall–Kier alpha value is -4.04. The van der Waals surface area contributed by atoms with E-state index in [4.69, 9.17) is 16.9 Å². The van der Waals surface area contributed by atoms with Crippen LogP contribution in [0.2, 0.25) is 0 Å². The van der Waals surface area contributed by atoms with Crippen LogP contribution in [0, 0.1) is 5.41 Å². The van der Waals surface area contributed by atoms with Gasteiger partial charge in [-0.3, -0.25) is 19.3 Å². The van der Waals surface area contributed by atoms with Crippen molar-refractivity contribution in [2.24, 2.45) is 16.5 Å². The number of guanidine groups is 1. The van der Waals surface area contributed by atoms with Crippen molar-refractivity contribution in [1.82, 2.24) is 5.32 Å². The van der Waals surface area contributed by atoms with Crippen molar-refractivity contribution in [2.75, 3.05) is 11.3 Å². The fourth-order valence-corrected chi connectivity index (χ4v) is 5.34. The molecule has 0 aliphatic carbocycles. The van der Waals surface area contributed by atoms with E-state index in [2.05, 4.69) is 15.0 Å². The van der Waals surface area contributed by atoms with Gasteiger partial charge >= 0.3 is 5.97 Å². The third-order valence-corrected chi connectivity index (χ3v) is 7.49. The van der Waals surface area contributed by atoms with Crippen LogP contribution in [0.4, 0.5) is 5.69 Å². The van der Waals surface area contributed by atoms with Crippen molar-refractivity contribution in [1.29, 1.82) is 5.41 Å².